The van der Waals surface area contributed by atoms with E-state index in [-0.39, 0.29) is 0 Å². The Morgan fingerprint density at radius 1 is 0.920 bits per heavy atom. The minimum absolute atomic E-state index is 0.400. The van der Waals surface area contributed by atoms with E-state index in [4.69, 9.17) is 13.9 Å². The molecule has 0 spiro atoms. The normalized spacial score (nSPS) is 11.0. The van der Waals surface area contributed by atoms with Gasteiger partial charge >= 0.3 is 5.97 Å². The second kappa shape index (κ2) is 6.26. The molecule has 3 aromatic carbocycles. The van der Waals surface area contributed by atoms with E-state index >= 15 is 0 Å². The molecule has 0 atom stereocenters. The van der Waals surface area contributed by atoms with Gasteiger partial charge in [-0.3, -0.25) is 0 Å². The first-order valence-electron chi connectivity index (χ1n) is 7.63. The second-order valence-corrected chi connectivity index (χ2v) is 6.35. The number of rotatable bonds is 3. The summed E-state index contributed by atoms with van der Waals surface area (Å²) in [4.78, 5) is 12.5. The van der Waals surface area contributed by atoms with Gasteiger partial charge in [0.2, 0.25) is 0 Å². The van der Waals surface area contributed by atoms with E-state index in [0.717, 1.165) is 21.9 Å². The molecule has 0 saturated heterocycles. The number of furan rings is 1. The topological polar surface area (TPSA) is 48.7 Å². The van der Waals surface area contributed by atoms with Crippen LogP contribution in [0.5, 0.6) is 11.5 Å². The lowest BCUT2D eigenvalue weighted by Gasteiger charge is -2.08. The molecule has 124 valence electrons. The van der Waals surface area contributed by atoms with Crippen molar-refractivity contribution in [3.05, 3.63) is 70.7 Å². The summed E-state index contributed by atoms with van der Waals surface area (Å²) in [7, 11) is 1.55. The van der Waals surface area contributed by atoms with Crippen molar-refractivity contribution in [2.45, 2.75) is 0 Å². The van der Waals surface area contributed by atoms with Gasteiger partial charge in [-0.15, -0.1) is 0 Å². The predicted octanol–water partition coefficient (Wildman–Crippen LogP) is 5.58. The van der Waals surface area contributed by atoms with Gasteiger partial charge in [-0.25, -0.2) is 4.79 Å². The number of hydrogen-bond donors (Lipinski definition) is 0. The van der Waals surface area contributed by atoms with Crippen molar-refractivity contribution < 1.29 is 18.7 Å². The number of methoxy groups -OCH3 is 1. The predicted molar refractivity (Wildman–Crippen MR) is 99.4 cm³/mol. The summed E-state index contributed by atoms with van der Waals surface area (Å²) in [6, 6.07) is 18.3. The number of hydrogen-bond acceptors (Lipinski definition) is 4. The number of fused-ring (bicyclic) bond motifs is 3. The van der Waals surface area contributed by atoms with Gasteiger partial charge < -0.3 is 13.9 Å². The van der Waals surface area contributed by atoms with Crippen LogP contribution >= 0.6 is 15.9 Å². The van der Waals surface area contributed by atoms with E-state index in [9.17, 15) is 4.79 Å². The molecular formula is C20H13BrO4. The Hall–Kier alpha value is -2.79. The van der Waals surface area contributed by atoms with Gasteiger partial charge in [-0.1, -0.05) is 18.2 Å². The largest absolute Gasteiger partial charge is 0.497 e. The molecule has 1 heterocycles. The molecule has 5 heteroatoms. The smallest absolute Gasteiger partial charge is 0.344 e. The van der Waals surface area contributed by atoms with Crippen molar-refractivity contribution in [1.29, 1.82) is 0 Å². The number of benzene rings is 3. The average molecular weight is 397 g/mol. The van der Waals surface area contributed by atoms with E-state index in [2.05, 4.69) is 15.9 Å². The Morgan fingerprint density at radius 2 is 1.68 bits per heavy atom. The summed E-state index contributed by atoms with van der Waals surface area (Å²) in [6.45, 7) is 0. The van der Waals surface area contributed by atoms with Gasteiger partial charge in [0.1, 0.15) is 22.7 Å². The molecule has 4 nitrogen and oxygen atoms in total. The Labute approximate surface area is 152 Å². The minimum atomic E-state index is -0.460. The van der Waals surface area contributed by atoms with Crippen molar-refractivity contribution in [3.8, 4) is 11.5 Å². The van der Waals surface area contributed by atoms with Crippen LogP contribution in [0.3, 0.4) is 0 Å². The van der Waals surface area contributed by atoms with Gasteiger partial charge in [0.25, 0.3) is 0 Å². The van der Waals surface area contributed by atoms with Gasteiger partial charge in [0.05, 0.1) is 12.7 Å². The average Bonchev–Trinajstić information content (AvgIpc) is 3.00. The molecule has 4 rings (SSSR count). The number of halogens is 1. The van der Waals surface area contributed by atoms with Crippen molar-refractivity contribution in [3.63, 3.8) is 0 Å². The van der Waals surface area contributed by atoms with Crippen LogP contribution in [0, 0.1) is 0 Å². The van der Waals surface area contributed by atoms with Crippen LogP contribution in [0.2, 0.25) is 0 Å². The molecule has 0 unspecified atom stereocenters. The fourth-order valence-corrected chi connectivity index (χ4v) is 3.13. The van der Waals surface area contributed by atoms with Crippen molar-refractivity contribution in [2.75, 3.05) is 7.11 Å². The molecule has 0 fully saturated rings. The lowest BCUT2D eigenvalue weighted by molar-refractivity contribution is 0.0733. The molecule has 1 aromatic heterocycles. The van der Waals surface area contributed by atoms with Crippen molar-refractivity contribution >= 4 is 43.8 Å². The molecule has 0 saturated carbocycles. The Kier molecular flexibility index (Phi) is 3.93. The summed E-state index contributed by atoms with van der Waals surface area (Å²) in [5.74, 6) is 0.586. The third kappa shape index (κ3) is 2.87. The van der Waals surface area contributed by atoms with Crippen LogP contribution < -0.4 is 9.47 Å². The van der Waals surface area contributed by atoms with Crippen LogP contribution in [-0.2, 0) is 0 Å². The highest BCUT2D eigenvalue weighted by Gasteiger charge is 2.15. The first-order chi connectivity index (χ1) is 12.2. The lowest BCUT2D eigenvalue weighted by Crippen LogP contribution is -2.09. The molecule has 0 bridgehead atoms. The highest BCUT2D eigenvalue weighted by atomic mass is 79.9. The first-order valence-corrected chi connectivity index (χ1v) is 8.42. The number of esters is 1. The standard InChI is InChI=1S/C20H13BrO4/c1-23-12-6-8-17(21)16(10-12)20(22)24-13-7-9-19-15(11-13)14-4-2-3-5-18(14)25-19/h2-11H,1H3. The first kappa shape index (κ1) is 15.7. The zero-order valence-corrected chi connectivity index (χ0v) is 14.9. The minimum Gasteiger partial charge on any atom is -0.497 e. The second-order valence-electron chi connectivity index (χ2n) is 5.49. The van der Waals surface area contributed by atoms with Gasteiger partial charge in [0.15, 0.2) is 0 Å². The molecule has 0 aliphatic rings. The van der Waals surface area contributed by atoms with Crippen LogP contribution in [0.25, 0.3) is 21.9 Å². The fourth-order valence-electron chi connectivity index (χ4n) is 2.72. The van der Waals surface area contributed by atoms with Crippen molar-refractivity contribution in [2.24, 2.45) is 0 Å². The molecule has 0 N–H and O–H groups in total. The maximum absolute atomic E-state index is 12.5. The number of carbonyl (C=O) groups is 1. The van der Waals surface area contributed by atoms with Crippen LogP contribution in [0.4, 0.5) is 0 Å². The Balaban J connectivity index is 1.70. The SMILES string of the molecule is COc1ccc(Br)c(C(=O)Oc2ccc3oc4ccccc4c3c2)c1. The third-order valence-electron chi connectivity index (χ3n) is 3.95. The van der Waals surface area contributed by atoms with Crippen molar-refractivity contribution in [1.82, 2.24) is 0 Å². The summed E-state index contributed by atoms with van der Waals surface area (Å²) in [5, 5.41) is 1.89. The van der Waals surface area contributed by atoms with E-state index in [1.807, 2.05) is 30.3 Å². The van der Waals surface area contributed by atoms with E-state index < -0.39 is 5.97 Å². The highest BCUT2D eigenvalue weighted by molar-refractivity contribution is 9.10. The molecule has 0 aliphatic carbocycles. The summed E-state index contributed by atoms with van der Waals surface area (Å²) in [6.07, 6.45) is 0. The molecular weight excluding hydrogens is 384 g/mol. The summed E-state index contributed by atoms with van der Waals surface area (Å²) >= 11 is 3.37. The van der Waals surface area contributed by atoms with Crippen LogP contribution in [-0.4, -0.2) is 13.1 Å². The third-order valence-corrected chi connectivity index (χ3v) is 4.64. The quantitative estimate of drug-likeness (QED) is 0.335. The maximum Gasteiger partial charge on any atom is 0.344 e. The van der Waals surface area contributed by atoms with E-state index in [1.165, 1.54) is 0 Å². The zero-order chi connectivity index (χ0) is 17.4. The number of carbonyl (C=O) groups excluding carboxylic acids is 1. The lowest BCUT2D eigenvalue weighted by atomic mass is 10.1. The molecule has 4 aromatic rings. The molecule has 0 amide bonds. The van der Waals surface area contributed by atoms with Gasteiger partial charge in [-0.2, -0.15) is 0 Å². The Morgan fingerprint density at radius 3 is 2.52 bits per heavy atom. The highest BCUT2D eigenvalue weighted by Crippen LogP contribution is 2.32. The van der Waals surface area contributed by atoms with E-state index in [0.29, 0.717) is 21.5 Å². The van der Waals surface area contributed by atoms with Crippen LogP contribution in [0.1, 0.15) is 10.4 Å². The molecule has 25 heavy (non-hydrogen) atoms. The van der Waals surface area contributed by atoms with E-state index in [1.54, 1.807) is 37.4 Å². The summed E-state index contributed by atoms with van der Waals surface area (Å²) in [5.41, 5.74) is 1.96. The van der Waals surface area contributed by atoms with Gasteiger partial charge in [0, 0.05) is 15.2 Å². The zero-order valence-electron chi connectivity index (χ0n) is 13.3. The summed E-state index contributed by atoms with van der Waals surface area (Å²) < 4.78 is 17.1. The molecule has 0 aliphatic heterocycles. The maximum atomic E-state index is 12.5. The van der Waals surface area contributed by atoms with Crippen LogP contribution in [0.15, 0.2) is 69.6 Å². The van der Waals surface area contributed by atoms with Gasteiger partial charge in [-0.05, 0) is 58.4 Å². The monoisotopic (exact) mass is 396 g/mol. The molecule has 0 radical (unpaired) electrons. The Bertz CT molecular complexity index is 1100. The number of para-hydroxylation sites is 1. The fraction of sp³-hybridized carbons (Fsp3) is 0.0500. The number of ether oxygens (including phenoxy) is 2.